The Kier molecular flexibility index (Phi) is 6.10. The molecule has 0 radical (unpaired) electrons. The third-order valence-corrected chi connectivity index (χ3v) is 2.68. The van der Waals surface area contributed by atoms with Crippen LogP contribution in [0.15, 0.2) is 40.0 Å². The fourth-order valence-electron chi connectivity index (χ4n) is 1.12. The van der Waals surface area contributed by atoms with Crippen molar-refractivity contribution in [3.05, 3.63) is 45.6 Å². The maximum atomic E-state index is 10.4. The van der Waals surface area contributed by atoms with Gasteiger partial charge < -0.3 is 9.84 Å². The van der Waals surface area contributed by atoms with E-state index in [0.717, 1.165) is 9.14 Å². The standard InChI is InChI=1S/C12H13IO3/c13-11(8-12(14)15)6-7-16-9-10-4-2-1-3-5-10/h1-6H,7-9H2,(H,14,15)/b11-6+. The van der Waals surface area contributed by atoms with Crippen LogP contribution in [0.3, 0.4) is 0 Å². The summed E-state index contributed by atoms with van der Waals surface area (Å²) in [7, 11) is 0. The van der Waals surface area contributed by atoms with Crippen LogP contribution in [0.5, 0.6) is 0 Å². The summed E-state index contributed by atoms with van der Waals surface area (Å²) in [6.07, 6.45) is 1.85. The molecular formula is C12H13IO3. The highest BCUT2D eigenvalue weighted by atomic mass is 127. The van der Waals surface area contributed by atoms with Crippen LogP contribution in [0.1, 0.15) is 12.0 Å². The first-order valence-electron chi connectivity index (χ1n) is 4.86. The van der Waals surface area contributed by atoms with Gasteiger partial charge >= 0.3 is 5.97 Å². The summed E-state index contributed by atoms with van der Waals surface area (Å²) in [5.74, 6) is -0.816. The molecule has 0 atom stereocenters. The summed E-state index contributed by atoms with van der Waals surface area (Å²) in [5, 5.41) is 8.53. The Labute approximate surface area is 108 Å². The maximum Gasteiger partial charge on any atom is 0.308 e. The summed E-state index contributed by atoms with van der Waals surface area (Å²) in [4.78, 5) is 10.4. The molecule has 0 spiro atoms. The smallest absolute Gasteiger partial charge is 0.308 e. The topological polar surface area (TPSA) is 46.5 Å². The molecule has 1 aromatic carbocycles. The molecule has 0 fully saturated rings. The molecule has 0 aliphatic rings. The quantitative estimate of drug-likeness (QED) is 0.643. The lowest BCUT2D eigenvalue weighted by Crippen LogP contribution is -1.96. The van der Waals surface area contributed by atoms with Gasteiger partial charge in [0, 0.05) is 0 Å². The van der Waals surface area contributed by atoms with Gasteiger partial charge in [0.15, 0.2) is 0 Å². The fourth-order valence-corrected chi connectivity index (χ4v) is 1.62. The average molecular weight is 332 g/mol. The number of carboxylic acids is 1. The molecule has 0 aromatic heterocycles. The molecule has 0 aliphatic carbocycles. The molecule has 0 unspecified atom stereocenters. The van der Waals surface area contributed by atoms with Crippen LogP contribution in [0.2, 0.25) is 0 Å². The van der Waals surface area contributed by atoms with Crippen LogP contribution in [0.4, 0.5) is 0 Å². The van der Waals surface area contributed by atoms with E-state index in [4.69, 9.17) is 9.84 Å². The number of aliphatic carboxylic acids is 1. The predicted octanol–water partition coefficient (Wildman–Crippen LogP) is 3.00. The Morgan fingerprint density at radius 3 is 2.69 bits per heavy atom. The Morgan fingerprint density at radius 1 is 1.38 bits per heavy atom. The first-order chi connectivity index (χ1) is 7.68. The summed E-state index contributed by atoms with van der Waals surface area (Å²) in [6, 6.07) is 9.86. The molecule has 0 saturated heterocycles. The first kappa shape index (κ1) is 13.2. The molecule has 0 bridgehead atoms. The molecule has 0 heterocycles. The fraction of sp³-hybridized carbons (Fsp3) is 0.250. The summed E-state index contributed by atoms with van der Waals surface area (Å²) < 4.78 is 6.19. The lowest BCUT2D eigenvalue weighted by Gasteiger charge is -2.01. The van der Waals surface area contributed by atoms with Gasteiger partial charge in [-0.1, -0.05) is 30.3 Å². The SMILES string of the molecule is O=C(O)C/C(I)=C\COCc1ccccc1. The lowest BCUT2D eigenvalue weighted by atomic mass is 10.2. The number of rotatable bonds is 6. The minimum Gasteiger partial charge on any atom is -0.481 e. The van der Waals surface area contributed by atoms with Gasteiger partial charge in [0.05, 0.1) is 19.6 Å². The number of hydrogen-bond acceptors (Lipinski definition) is 2. The van der Waals surface area contributed by atoms with Crippen molar-refractivity contribution < 1.29 is 14.6 Å². The van der Waals surface area contributed by atoms with Crippen molar-refractivity contribution >= 4 is 28.6 Å². The van der Waals surface area contributed by atoms with Crippen molar-refractivity contribution in [2.75, 3.05) is 6.61 Å². The molecule has 16 heavy (non-hydrogen) atoms. The Balaban J connectivity index is 2.24. The molecule has 86 valence electrons. The van der Waals surface area contributed by atoms with Crippen LogP contribution < -0.4 is 0 Å². The number of carbonyl (C=O) groups is 1. The largest absolute Gasteiger partial charge is 0.481 e. The van der Waals surface area contributed by atoms with Gasteiger partial charge in [0.1, 0.15) is 0 Å². The highest BCUT2D eigenvalue weighted by Gasteiger charge is 1.99. The van der Waals surface area contributed by atoms with Gasteiger partial charge in [-0.05, 0) is 37.8 Å². The summed E-state index contributed by atoms with van der Waals surface area (Å²) >= 11 is 2.01. The normalized spacial score (nSPS) is 11.4. The minimum atomic E-state index is -0.816. The van der Waals surface area contributed by atoms with Crippen molar-refractivity contribution in [1.82, 2.24) is 0 Å². The van der Waals surface area contributed by atoms with Crippen molar-refractivity contribution in [2.45, 2.75) is 13.0 Å². The third kappa shape index (κ3) is 5.87. The second kappa shape index (κ2) is 7.40. The Bertz CT molecular complexity index is 360. The third-order valence-electron chi connectivity index (χ3n) is 1.85. The van der Waals surface area contributed by atoms with E-state index in [1.165, 1.54) is 0 Å². The Morgan fingerprint density at radius 2 is 2.06 bits per heavy atom. The zero-order valence-electron chi connectivity index (χ0n) is 8.73. The van der Waals surface area contributed by atoms with Crippen molar-refractivity contribution in [1.29, 1.82) is 0 Å². The molecular weight excluding hydrogens is 319 g/mol. The van der Waals surface area contributed by atoms with Gasteiger partial charge in [-0.3, -0.25) is 4.79 Å². The number of halogens is 1. The van der Waals surface area contributed by atoms with Crippen LogP contribution >= 0.6 is 22.6 Å². The number of ether oxygens (including phenoxy) is 1. The molecule has 0 amide bonds. The van der Waals surface area contributed by atoms with E-state index in [0.29, 0.717) is 13.2 Å². The molecule has 0 aliphatic heterocycles. The van der Waals surface area contributed by atoms with Gasteiger partial charge in [0.25, 0.3) is 0 Å². The molecule has 4 heteroatoms. The van der Waals surface area contributed by atoms with Crippen molar-refractivity contribution in [3.8, 4) is 0 Å². The van der Waals surface area contributed by atoms with Crippen LogP contribution in [0, 0.1) is 0 Å². The number of benzene rings is 1. The van der Waals surface area contributed by atoms with Crippen molar-refractivity contribution in [3.63, 3.8) is 0 Å². The highest BCUT2D eigenvalue weighted by Crippen LogP contribution is 2.10. The first-order valence-corrected chi connectivity index (χ1v) is 5.94. The molecule has 1 aromatic rings. The zero-order chi connectivity index (χ0) is 11.8. The van der Waals surface area contributed by atoms with E-state index in [1.807, 2.05) is 52.9 Å². The molecule has 1 rings (SSSR count). The second-order valence-electron chi connectivity index (χ2n) is 3.22. The van der Waals surface area contributed by atoms with E-state index in [9.17, 15) is 4.79 Å². The van der Waals surface area contributed by atoms with Crippen LogP contribution in [0.25, 0.3) is 0 Å². The molecule has 3 nitrogen and oxygen atoms in total. The van der Waals surface area contributed by atoms with Crippen LogP contribution in [-0.2, 0) is 16.1 Å². The van der Waals surface area contributed by atoms with E-state index >= 15 is 0 Å². The predicted molar refractivity (Wildman–Crippen MR) is 70.5 cm³/mol. The lowest BCUT2D eigenvalue weighted by molar-refractivity contribution is -0.136. The van der Waals surface area contributed by atoms with Gasteiger partial charge in [-0.25, -0.2) is 0 Å². The van der Waals surface area contributed by atoms with Crippen molar-refractivity contribution in [2.24, 2.45) is 0 Å². The van der Waals surface area contributed by atoms with E-state index in [1.54, 1.807) is 6.08 Å². The second-order valence-corrected chi connectivity index (χ2v) is 4.61. The van der Waals surface area contributed by atoms with E-state index in [-0.39, 0.29) is 6.42 Å². The number of hydrogen-bond donors (Lipinski definition) is 1. The monoisotopic (exact) mass is 332 g/mol. The van der Waals surface area contributed by atoms with Crippen LogP contribution in [-0.4, -0.2) is 17.7 Å². The highest BCUT2D eigenvalue weighted by molar-refractivity contribution is 14.1. The maximum absolute atomic E-state index is 10.4. The van der Waals surface area contributed by atoms with E-state index in [2.05, 4.69) is 0 Å². The summed E-state index contributed by atoms with van der Waals surface area (Å²) in [6.45, 7) is 0.995. The van der Waals surface area contributed by atoms with Gasteiger partial charge in [0.2, 0.25) is 0 Å². The Hall–Kier alpha value is -0.880. The number of carboxylic acid groups (broad SMARTS) is 1. The average Bonchev–Trinajstić information content (AvgIpc) is 2.25. The van der Waals surface area contributed by atoms with Gasteiger partial charge in [-0.2, -0.15) is 0 Å². The van der Waals surface area contributed by atoms with E-state index < -0.39 is 5.97 Å². The minimum absolute atomic E-state index is 0.0647. The zero-order valence-corrected chi connectivity index (χ0v) is 10.9. The molecule has 1 N–H and O–H groups in total. The molecule has 0 saturated carbocycles. The summed E-state index contributed by atoms with van der Waals surface area (Å²) in [5.41, 5.74) is 1.11. The van der Waals surface area contributed by atoms with Gasteiger partial charge in [-0.15, -0.1) is 0 Å².